The quantitative estimate of drug-likeness (QED) is 0.786. The van der Waals surface area contributed by atoms with Gasteiger partial charge in [-0.15, -0.1) is 0 Å². The molecule has 0 spiro atoms. The molecule has 1 atom stereocenters. The van der Waals surface area contributed by atoms with E-state index in [1.165, 1.54) is 0 Å². The van der Waals surface area contributed by atoms with E-state index in [1.807, 2.05) is 4.90 Å². The second kappa shape index (κ2) is 5.99. The topological polar surface area (TPSA) is 74.6 Å². The van der Waals surface area contributed by atoms with Gasteiger partial charge in [0.15, 0.2) is 0 Å². The van der Waals surface area contributed by atoms with Crippen molar-refractivity contribution in [2.75, 3.05) is 19.7 Å². The lowest BCUT2D eigenvalue weighted by Gasteiger charge is -2.21. The summed E-state index contributed by atoms with van der Waals surface area (Å²) in [6, 6.07) is 3.45. The number of nitrogens with one attached hydrogen (secondary N) is 1. The minimum absolute atomic E-state index is 0.0379. The van der Waals surface area contributed by atoms with E-state index < -0.39 is 5.91 Å². The molecule has 2 amide bonds. The molecule has 1 aliphatic rings. The molecular formula is C13H19N3O3. The summed E-state index contributed by atoms with van der Waals surface area (Å²) in [7, 11) is 1.75. The molecule has 104 valence electrons. The van der Waals surface area contributed by atoms with Crippen molar-refractivity contribution >= 4 is 11.8 Å². The number of aliphatic hydroxyl groups is 1. The molecule has 2 heterocycles. The first-order chi connectivity index (χ1) is 9.11. The number of rotatable bonds is 4. The molecule has 19 heavy (non-hydrogen) atoms. The van der Waals surface area contributed by atoms with Crippen LogP contribution in [-0.4, -0.2) is 52.1 Å². The predicted octanol–water partition coefficient (Wildman–Crippen LogP) is -0.262. The average Bonchev–Trinajstić information content (AvgIpc) is 2.97. The van der Waals surface area contributed by atoms with Gasteiger partial charge in [-0.05, 0) is 31.5 Å². The zero-order valence-electron chi connectivity index (χ0n) is 11.0. The van der Waals surface area contributed by atoms with Gasteiger partial charge in [0.2, 0.25) is 5.91 Å². The fraction of sp³-hybridized carbons (Fsp3) is 0.538. The van der Waals surface area contributed by atoms with Crippen LogP contribution in [0.2, 0.25) is 0 Å². The summed E-state index contributed by atoms with van der Waals surface area (Å²) < 4.78 is 1.66. The number of hydrogen-bond donors (Lipinski definition) is 2. The van der Waals surface area contributed by atoms with Crippen molar-refractivity contribution in [3.8, 4) is 0 Å². The largest absolute Gasteiger partial charge is 0.395 e. The number of carbonyl (C=O) groups is 2. The second-order valence-electron chi connectivity index (χ2n) is 4.83. The van der Waals surface area contributed by atoms with Crippen LogP contribution in [0.3, 0.4) is 0 Å². The normalized spacial score (nSPS) is 19.6. The summed E-state index contributed by atoms with van der Waals surface area (Å²) in [5, 5.41) is 11.5. The Labute approximate surface area is 112 Å². The Morgan fingerprint density at radius 3 is 2.95 bits per heavy atom. The third kappa shape index (κ3) is 3.21. The zero-order valence-corrected chi connectivity index (χ0v) is 11.0. The maximum atomic E-state index is 11.8. The third-order valence-corrected chi connectivity index (χ3v) is 3.49. The van der Waals surface area contributed by atoms with E-state index in [2.05, 4.69) is 5.32 Å². The van der Waals surface area contributed by atoms with Crippen molar-refractivity contribution < 1.29 is 14.7 Å². The number of carbonyl (C=O) groups excluding carboxylic acids is 2. The van der Waals surface area contributed by atoms with Crippen molar-refractivity contribution in [2.45, 2.75) is 18.9 Å². The molecule has 2 N–H and O–H groups in total. The Bertz CT molecular complexity index is 469. The molecule has 0 aromatic carbocycles. The number of hydrogen-bond acceptors (Lipinski definition) is 4. The van der Waals surface area contributed by atoms with Gasteiger partial charge in [-0.2, -0.15) is 0 Å². The van der Waals surface area contributed by atoms with Crippen LogP contribution in [0, 0.1) is 0 Å². The molecule has 1 aromatic rings. The Morgan fingerprint density at radius 1 is 1.53 bits per heavy atom. The van der Waals surface area contributed by atoms with Gasteiger partial charge in [-0.1, -0.05) is 0 Å². The van der Waals surface area contributed by atoms with E-state index in [4.69, 9.17) is 0 Å². The van der Waals surface area contributed by atoms with E-state index in [1.54, 1.807) is 29.9 Å². The molecular weight excluding hydrogens is 246 g/mol. The maximum Gasteiger partial charge on any atom is 0.274 e. The van der Waals surface area contributed by atoms with Crippen LogP contribution in [0.25, 0.3) is 0 Å². The van der Waals surface area contributed by atoms with Crippen LogP contribution in [0.1, 0.15) is 23.3 Å². The molecule has 0 radical (unpaired) electrons. The molecule has 2 rings (SSSR count). The fourth-order valence-electron chi connectivity index (χ4n) is 2.42. The van der Waals surface area contributed by atoms with E-state index in [9.17, 15) is 14.7 Å². The van der Waals surface area contributed by atoms with Crippen molar-refractivity contribution in [1.29, 1.82) is 0 Å². The number of likely N-dealkylation sites (tertiary alicyclic amines) is 1. The van der Waals surface area contributed by atoms with Crippen molar-refractivity contribution in [1.82, 2.24) is 14.8 Å². The number of amides is 2. The summed E-state index contributed by atoms with van der Waals surface area (Å²) >= 11 is 0. The lowest BCUT2D eigenvalue weighted by atomic mass is 10.2. The molecule has 0 bridgehead atoms. The van der Waals surface area contributed by atoms with Gasteiger partial charge in [0.1, 0.15) is 5.69 Å². The molecule has 6 heteroatoms. The summed E-state index contributed by atoms with van der Waals surface area (Å²) in [6.45, 7) is 0.997. The maximum absolute atomic E-state index is 11.8. The number of imide groups is 1. The van der Waals surface area contributed by atoms with Crippen molar-refractivity contribution in [3.05, 3.63) is 24.0 Å². The molecule has 0 unspecified atom stereocenters. The smallest absolute Gasteiger partial charge is 0.274 e. The van der Waals surface area contributed by atoms with Crippen LogP contribution in [-0.2, 0) is 11.8 Å². The fourth-order valence-corrected chi connectivity index (χ4v) is 2.42. The van der Waals surface area contributed by atoms with Gasteiger partial charge in [-0.25, -0.2) is 0 Å². The van der Waals surface area contributed by atoms with Crippen molar-refractivity contribution in [2.24, 2.45) is 7.05 Å². The lowest BCUT2D eigenvalue weighted by Crippen LogP contribution is -2.43. The van der Waals surface area contributed by atoms with Crippen LogP contribution in [0.5, 0.6) is 0 Å². The third-order valence-electron chi connectivity index (χ3n) is 3.49. The first kappa shape index (κ1) is 13.8. The predicted molar refractivity (Wildman–Crippen MR) is 69.6 cm³/mol. The van der Waals surface area contributed by atoms with Crippen LogP contribution in [0.15, 0.2) is 18.3 Å². The standard InChI is InChI=1S/C13H19N3O3/c1-15-6-3-5-11(15)13(19)14-12(18)8-16-7-2-4-10(16)9-17/h3,5-6,10,17H,2,4,7-9H2,1H3,(H,14,18,19)/t10-/m0/s1. The van der Waals surface area contributed by atoms with E-state index in [-0.39, 0.29) is 25.1 Å². The Morgan fingerprint density at radius 2 is 2.32 bits per heavy atom. The summed E-state index contributed by atoms with van der Waals surface area (Å²) in [5.74, 6) is -0.719. The van der Waals surface area contributed by atoms with Gasteiger partial charge < -0.3 is 9.67 Å². The number of aryl methyl sites for hydroxylation is 1. The van der Waals surface area contributed by atoms with Crippen LogP contribution < -0.4 is 5.32 Å². The zero-order chi connectivity index (χ0) is 13.8. The number of nitrogens with zero attached hydrogens (tertiary/aromatic N) is 2. The van der Waals surface area contributed by atoms with Crippen molar-refractivity contribution in [3.63, 3.8) is 0 Å². The Balaban J connectivity index is 1.88. The Kier molecular flexibility index (Phi) is 4.34. The monoisotopic (exact) mass is 265 g/mol. The first-order valence-electron chi connectivity index (χ1n) is 6.42. The molecule has 6 nitrogen and oxygen atoms in total. The van der Waals surface area contributed by atoms with Crippen LogP contribution in [0.4, 0.5) is 0 Å². The SMILES string of the molecule is Cn1cccc1C(=O)NC(=O)CN1CCC[C@H]1CO. The molecule has 1 aliphatic heterocycles. The molecule has 0 saturated carbocycles. The molecule has 1 aromatic heterocycles. The molecule has 0 aliphatic carbocycles. The first-order valence-corrected chi connectivity index (χ1v) is 6.42. The molecule has 1 saturated heterocycles. The minimum atomic E-state index is -0.391. The van der Waals surface area contributed by atoms with Gasteiger partial charge >= 0.3 is 0 Å². The summed E-state index contributed by atoms with van der Waals surface area (Å²) in [5.41, 5.74) is 0.452. The van der Waals surface area contributed by atoms with Gasteiger partial charge in [0, 0.05) is 19.3 Å². The highest BCUT2D eigenvalue weighted by molar-refractivity contribution is 6.04. The summed E-state index contributed by atoms with van der Waals surface area (Å²) in [4.78, 5) is 25.6. The van der Waals surface area contributed by atoms with E-state index in [0.29, 0.717) is 5.69 Å². The highest BCUT2D eigenvalue weighted by Gasteiger charge is 2.26. The van der Waals surface area contributed by atoms with E-state index >= 15 is 0 Å². The van der Waals surface area contributed by atoms with Gasteiger partial charge in [0.05, 0.1) is 13.2 Å². The van der Waals surface area contributed by atoms with Crippen LogP contribution >= 0.6 is 0 Å². The van der Waals surface area contributed by atoms with E-state index in [0.717, 1.165) is 19.4 Å². The van der Waals surface area contributed by atoms with Gasteiger partial charge in [-0.3, -0.25) is 19.8 Å². The Hall–Kier alpha value is -1.66. The number of aliphatic hydroxyl groups excluding tert-OH is 1. The lowest BCUT2D eigenvalue weighted by molar-refractivity contribution is -0.121. The molecule has 1 fully saturated rings. The average molecular weight is 265 g/mol. The number of aromatic nitrogens is 1. The highest BCUT2D eigenvalue weighted by atomic mass is 16.3. The summed E-state index contributed by atoms with van der Waals surface area (Å²) in [6.07, 6.45) is 3.63. The van der Waals surface area contributed by atoms with Gasteiger partial charge in [0.25, 0.3) is 5.91 Å². The highest BCUT2D eigenvalue weighted by Crippen LogP contribution is 2.15. The second-order valence-corrected chi connectivity index (χ2v) is 4.83. The minimum Gasteiger partial charge on any atom is -0.395 e.